The van der Waals surface area contributed by atoms with E-state index in [1.54, 1.807) is 0 Å². The zero-order valence-electron chi connectivity index (χ0n) is 11.1. The average Bonchev–Trinajstić information content (AvgIpc) is 2.37. The lowest BCUT2D eigenvalue weighted by Crippen LogP contribution is -2.22. The molecule has 1 aromatic carbocycles. The predicted molar refractivity (Wildman–Crippen MR) is 71.0 cm³/mol. The van der Waals surface area contributed by atoms with Gasteiger partial charge in [0.05, 0.1) is 13.2 Å². The van der Waals surface area contributed by atoms with Crippen molar-refractivity contribution in [3.8, 4) is 11.5 Å². The quantitative estimate of drug-likeness (QED) is 0.722. The van der Waals surface area contributed by atoms with Gasteiger partial charge in [-0.25, -0.2) is 0 Å². The van der Waals surface area contributed by atoms with Gasteiger partial charge < -0.3 is 14.8 Å². The van der Waals surface area contributed by atoms with E-state index < -0.39 is 0 Å². The second-order valence-corrected chi connectivity index (χ2v) is 3.79. The van der Waals surface area contributed by atoms with E-state index >= 15 is 0 Å². The van der Waals surface area contributed by atoms with Crippen LogP contribution in [0.15, 0.2) is 24.3 Å². The van der Waals surface area contributed by atoms with Crippen LogP contribution in [0.5, 0.6) is 11.5 Å². The Kier molecular flexibility index (Phi) is 6.69. The van der Waals surface area contributed by atoms with Crippen LogP contribution in [0, 0.1) is 0 Å². The lowest BCUT2D eigenvalue weighted by atomic mass is 10.3. The second kappa shape index (κ2) is 8.39. The van der Waals surface area contributed by atoms with Gasteiger partial charge in [-0.15, -0.1) is 0 Å². The van der Waals surface area contributed by atoms with Gasteiger partial charge in [-0.3, -0.25) is 4.79 Å². The maximum Gasteiger partial charge on any atom is 0.220 e. The number of rotatable bonds is 8. The molecule has 0 heterocycles. The van der Waals surface area contributed by atoms with E-state index in [0.717, 1.165) is 11.5 Å². The molecule has 100 valence electrons. The van der Waals surface area contributed by atoms with E-state index in [-0.39, 0.29) is 5.91 Å². The number of hydrogen-bond donors (Lipinski definition) is 1. The van der Waals surface area contributed by atoms with Crippen molar-refractivity contribution in [3.05, 3.63) is 24.3 Å². The van der Waals surface area contributed by atoms with Crippen LogP contribution in [-0.2, 0) is 4.79 Å². The zero-order chi connectivity index (χ0) is 13.2. The lowest BCUT2D eigenvalue weighted by molar-refractivity contribution is -0.121. The molecule has 0 radical (unpaired) electrons. The van der Waals surface area contributed by atoms with Gasteiger partial charge in [0.25, 0.3) is 0 Å². The van der Waals surface area contributed by atoms with Crippen molar-refractivity contribution in [1.29, 1.82) is 0 Å². The summed E-state index contributed by atoms with van der Waals surface area (Å²) in [6.07, 6.45) is 1.19. The first kappa shape index (κ1) is 14.4. The second-order valence-electron chi connectivity index (χ2n) is 3.79. The van der Waals surface area contributed by atoms with Crippen molar-refractivity contribution >= 4 is 5.91 Å². The third-order valence-corrected chi connectivity index (χ3v) is 2.33. The molecule has 18 heavy (non-hydrogen) atoms. The Balaban J connectivity index is 2.32. The number of carbonyl (C=O) groups excluding carboxylic acids is 1. The normalized spacial score (nSPS) is 9.89. The predicted octanol–water partition coefficient (Wildman–Crippen LogP) is 2.38. The first-order valence-electron chi connectivity index (χ1n) is 6.39. The topological polar surface area (TPSA) is 47.6 Å². The third-order valence-electron chi connectivity index (χ3n) is 2.33. The number of ether oxygens (including phenoxy) is 2. The number of carbonyl (C=O) groups is 1. The molecule has 4 nitrogen and oxygen atoms in total. The minimum atomic E-state index is 0.0687. The average molecular weight is 251 g/mol. The molecule has 0 aromatic heterocycles. The van der Waals surface area contributed by atoms with Crippen molar-refractivity contribution in [3.63, 3.8) is 0 Å². The summed E-state index contributed by atoms with van der Waals surface area (Å²) < 4.78 is 11.1. The highest BCUT2D eigenvalue weighted by Gasteiger charge is 2.04. The Morgan fingerprint density at radius 3 is 2.44 bits per heavy atom. The molecule has 0 saturated carbocycles. The molecular formula is C14H21NO3. The van der Waals surface area contributed by atoms with Crippen LogP contribution in [0.2, 0.25) is 0 Å². The number of benzene rings is 1. The molecular weight excluding hydrogens is 230 g/mol. The van der Waals surface area contributed by atoms with Crippen LogP contribution in [0.1, 0.15) is 26.7 Å². The highest BCUT2D eigenvalue weighted by Crippen LogP contribution is 2.26. The van der Waals surface area contributed by atoms with E-state index in [4.69, 9.17) is 9.47 Å². The highest BCUT2D eigenvalue weighted by atomic mass is 16.5. The number of hydrogen-bond acceptors (Lipinski definition) is 3. The minimum absolute atomic E-state index is 0.0687. The van der Waals surface area contributed by atoms with Gasteiger partial charge in [0, 0.05) is 13.0 Å². The van der Waals surface area contributed by atoms with Gasteiger partial charge in [0.2, 0.25) is 5.91 Å². The summed E-state index contributed by atoms with van der Waals surface area (Å²) in [5.74, 6) is 1.55. The van der Waals surface area contributed by atoms with E-state index in [2.05, 4.69) is 5.32 Å². The van der Waals surface area contributed by atoms with Gasteiger partial charge >= 0.3 is 0 Å². The van der Waals surface area contributed by atoms with E-state index in [0.29, 0.717) is 32.6 Å². The molecule has 0 unspecified atom stereocenters. The van der Waals surface area contributed by atoms with Crippen molar-refractivity contribution < 1.29 is 14.3 Å². The molecule has 0 aliphatic heterocycles. The fraction of sp³-hybridized carbons (Fsp3) is 0.500. The molecule has 0 saturated heterocycles. The minimum Gasteiger partial charge on any atom is -0.490 e. The fourth-order valence-electron chi connectivity index (χ4n) is 1.54. The summed E-state index contributed by atoms with van der Waals surface area (Å²) in [6.45, 7) is 5.64. The van der Waals surface area contributed by atoms with Crippen LogP contribution < -0.4 is 14.8 Å². The van der Waals surface area contributed by atoms with Crippen LogP contribution in [-0.4, -0.2) is 25.7 Å². The van der Waals surface area contributed by atoms with Gasteiger partial charge in [-0.05, 0) is 32.4 Å². The summed E-state index contributed by atoms with van der Waals surface area (Å²) in [5.41, 5.74) is 0. The number of para-hydroxylation sites is 2. The Hall–Kier alpha value is -1.71. The maximum atomic E-state index is 11.2. The van der Waals surface area contributed by atoms with Crippen molar-refractivity contribution in [2.75, 3.05) is 19.8 Å². The summed E-state index contributed by atoms with van der Waals surface area (Å²) in [6, 6.07) is 7.56. The van der Waals surface area contributed by atoms with Crippen molar-refractivity contribution in [2.24, 2.45) is 0 Å². The van der Waals surface area contributed by atoms with E-state index in [1.807, 2.05) is 38.1 Å². The third kappa shape index (κ3) is 5.08. The molecule has 0 bridgehead atoms. The van der Waals surface area contributed by atoms with Gasteiger partial charge in [-0.1, -0.05) is 12.1 Å². The number of amides is 1. The fourth-order valence-corrected chi connectivity index (χ4v) is 1.54. The summed E-state index contributed by atoms with van der Waals surface area (Å²) in [5, 5.41) is 2.76. The van der Waals surface area contributed by atoms with Crippen LogP contribution >= 0.6 is 0 Å². The van der Waals surface area contributed by atoms with Crippen LogP contribution in [0.4, 0.5) is 0 Å². The molecule has 1 amide bonds. The van der Waals surface area contributed by atoms with Gasteiger partial charge in [-0.2, -0.15) is 0 Å². The maximum absolute atomic E-state index is 11.2. The van der Waals surface area contributed by atoms with E-state index in [9.17, 15) is 4.79 Å². The molecule has 0 spiro atoms. The monoisotopic (exact) mass is 251 g/mol. The van der Waals surface area contributed by atoms with Crippen molar-refractivity contribution in [2.45, 2.75) is 26.7 Å². The SMILES string of the molecule is CCNC(=O)CCCOc1ccccc1OCC. The highest BCUT2D eigenvalue weighted by molar-refractivity contribution is 5.75. The zero-order valence-corrected chi connectivity index (χ0v) is 11.1. The van der Waals surface area contributed by atoms with Gasteiger partial charge in [0.1, 0.15) is 0 Å². The molecule has 0 fully saturated rings. The largest absolute Gasteiger partial charge is 0.490 e. The smallest absolute Gasteiger partial charge is 0.220 e. The van der Waals surface area contributed by atoms with Crippen LogP contribution in [0.3, 0.4) is 0 Å². The molecule has 1 N–H and O–H groups in total. The van der Waals surface area contributed by atoms with Gasteiger partial charge in [0.15, 0.2) is 11.5 Å². The Labute approximate surface area is 108 Å². The first-order chi connectivity index (χ1) is 8.77. The van der Waals surface area contributed by atoms with E-state index in [1.165, 1.54) is 0 Å². The lowest BCUT2D eigenvalue weighted by Gasteiger charge is -2.11. The molecule has 1 aromatic rings. The Bertz CT molecular complexity index is 366. The van der Waals surface area contributed by atoms with Crippen molar-refractivity contribution in [1.82, 2.24) is 5.32 Å². The summed E-state index contributed by atoms with van der Waals surface area (Å²) in [4.78, 5) is 11.2. The summed E-state index contributed by atoms with van der Waals surface area (Å²) >= 11 is 0. The standard InChI is InChI=1S/C14H21NO3/c1-3-15-14(16)10-7-11-18-13-9-6-5-8-12(13)17-4-2/h5-6,8-9H,3-4,7,10-11H2,1-2H3,(H,15,16). The van der Waals surface area contributed by atoms with Crippen LogP contribution in [0.25, 0.3) is 0 Å². The summed E-state index contributed by atoms with van der Waals surface area (Å²) in [7, 11) is 0. The molecule has 4 heteroatoms. The Morgan fingerprint density at radius 1 is 1.17 bits per heavy atom. The molecule has 1 rings (SSSR count). The molecule has 0 aliphatic rings. The Morgan fingerprint density at radius 2 is 1.83 bits per heavy atom. The first-order valence-corrected chi connectivity index (χ1v) is 6.39. The molecule has 0 aliphatic carbocycles. The number of nitrogens with one attached hydrogen (secondary N) is 1. The molecule has 0 atom stereocenters.